The second-order valence-corrected chi connectivity index (χ2v) is 6.45. The molecule has 124 valence electrons. The summed E-state index contributed by atoms with van der Waals surface area (Å²) in [5.74, 6) is 0.586. The van der Waals surface area contributed by atoms with Gasteiger partial charge in [-0.25, -0.2) is 4.98 Å². The summed E-state index contributed by atoms with van der Waals surface area (Å²) in [5, 5.41) is 4.37. The lowest BCUT2D eigenvalue weighted by atomic mass is 10.1. The van der Waals surface area contributed by atoms with E-state index in [1.165, 1.54) is 11.3 Å². The zero-order chi connectivity index (χ0) is 17.2. The molecule has 0 bridgehead atoms. The lowest BCUT2D eigenvalue weighted by Gasteiger charge is -2.04. The van der Waals surface area contributed by atoms with Gasteiger partial charge in [0.15, 0.2) is 5.13 Å². The first-order valence-corrected chi connectivity index (χ1v) is 8.75. The summed E-state index contributed by atoms with van der Waals surface area (Å²) < 4.78 is 6.47. The number of pyridine rings is 1. The number of para-hydroxylation sites is 1. The van der Waals surface area contributed by atoms with Crippen LogP contribution in [-0.4, -0.2) is 22.5 Å². The number of ether oxygens (including phenoxy) is 1. The second kappa shape index (κ2) is 6.49. The summed E-state index contributed by atoms with van der Waals surface area (Å²) in [5.41, 5.74) is 2.05. The minimum Gasteiger partial charge on any atom is -0.494 e. The van der Waals surface area contributed by atoms with Gasteiger partial charge in [0.1, 0.15) is 5.75 Å². The molecule has 0 fully saturated rings. The number of thiazole rings is 1. The Morgan fingerprint density at radius 2 is 2.08 bits per heavy atom. The van der Waals surface area contributed by atoms with Crippen molar-refractivity contribution in [2.24, 2.45) is 0 Å². The van der Waals surface area contributed by atoms with Gasteiger partial charge in [-0.05, 0) is 37.3 Å². The van der Waals surface area contributed by atoms with Gasteiger partial charge in [0.05, 0.1) is 27.9 Å². The van der Waals surface area contributed by atoms with Gasteiger partial charge in [-0.1, -0.05) is 29.5 Å². The van der Waals surface area contributed by atoms with E-state index < -0.39 is 0 Å². The summed E-state index contributed by atoms with van der Waals surface area (Å²) in [6, 6.07) is 15.1. The molecule has 0 saturated heterocycles. The van der Waals surface area contributed by atoms with Crippen LogP contribution >= 0.6 is 11.3 Å². The van der Waals surface area contributed by atoms with E-state index in [9.17, 15) is 4.79 Å². The van der Waals surface area contributed by atoms with Crippen LogP contribution in [0.1, 0.15) is 17.3 Å². The van der Waals surface area contributed by atoms with Gasteiger partial charge >= 0.3 is 0 Å². The van der Waals surface area contributed by atoms with Crippen LogP contribution in [0.4, 0.5) is 5.13 Å². The SMILES string of the molecule is CCOc1ccc2nc(NC(=O)c3cccc4cccnc34)sc2c1. The Kier molecular flexibility index (Phi) is 4.03. The van der Waals surface area contributed by atoms with Gasteiger partial charge in [0, 0.05) is 11.6 Å². The molecule has 25 heavy (non-hydrogen) atoms. The highest BCUT2D eigenvalue weighted by Crippen LogP contribution is 2.30. The number of rotatable bonds is 4. The first kappa shape index (κ1) is 15.5. The maximum absolute atomic E-state index is 12.7. The van der Waals surface area contributed by atoms with Crippen LogP contribution in [0.25, 0.3) is 21.1 Å². The zero-order valence-electron chi connectivity index (χ0n) is 13.5. The fourth-order valence-corrected chi connectivity index (χ4v) is 3.56. The number of hydrogen-bond acceptors (Lipinski definition) is 5. The number of fused-ring (bicyclic) bond motifs is 2. The van der Waals surface area contributed by atoms with Crippen LogP contribution in [0.15, 0.2) is 54.7 Å². The summed E-state index contributed by atoms with van der Waals surface area (Å²) in [7, 11) is 0. The van der Waals surface area contributed by atoms with Crippen LogP contribution in [0.3, 0.4) is 0 Å². The van der Waals surface area contributed by atoms with E-state index in [-0.39, 0.29) is 5.91 Å². The molecule has 0 atom stereocenters. The average Bonchev–Trinajstić information content (AvgIpc) is 3.03. The summed E-state index contributed by atoms with van der Waals surface area (Å²) in [6.07, 6.45) is 1.69. The van der Waals surface area contributed by atoms with Gasteiger partial charge in [0.2, 0.25) is 0 Å². The fourth-order valence-electron chi connectivity index (χ4n) is 2.67. The van der Waals surface area contributed by atoms with Crippen molar-refractivity contribution in [3.05, 3.63) is 60.3 Å². The Morgan fingerprint density at radius 3 is 2.96 bits per heavy atom. The number of aromatic nitrogens is 2. The molecule has 2 aromatic carbocycles. The van der Waals surface area contributed by atoms with E-state index in [0.717, 1.165) is 21.4 Å². The Bertz CT molecular complexity index is 1070. The Labute approximate surface area is 148 Å². The Morgan fingerprint density at radius 1 is 1.20 bits per heavy atom. The van der Waals surface area contributed by atoms with Crippen LogP contribution in [0.2, 0.25) is 0 Å². The van der Waals surface area contributed by atoms with E-state index in [0.29, 0.717) is 22.8 Å². The quantitative estimate of drug-likeness (QED) is 0.589. The van der Waals surface area contributed by atoms with Crippen molar-refractivity contribution in [1.29, 1.82) is 0 Å². The molecule has 0 spiro atoms. The predicted octanol–water partition coefficient (Wildman–Crippen LogP) is 4.50. The van der Waals surface area contributed by atoms with Crippen molar-refractivity contribution in [1.82, 2.24) is 9.97 Å². The third-order valence-corrected chi connectivity index (χ3v) is 4.70. The van der Waals surface area contributed by atoms with Crippen LogP contribution in [0, 0.1) is 0 Å². The number of carbonyl (C=O) groups is 1. The molecule has 0 radical (unpaired) electrons. The van der Waals surface area contributed by atoms with E-state index in [2.05, 4.69) is 15.3 Å². The van der Waals surface area contributed by atoms with E-state index in [4.69, 9.17) is 4.74 Å². The average molecular weight is 349 g/mol. The van der Waals surface area contributed by atoms with Gasteiger partial charge in [-0.2, -0.15) is 0 Å². The molecule has 2 aromatic heterocycles. The lowest BCUT2D eigenvalue weighted by molar-refractivity contribution is 0.102. The summed E-state index contributed by atoms with van der Waals surface area (Å²) in [4.78, 5) is 21.5. The Hall–Kier alpha value is -2.99. The molecule has 0 unspecified atom stereocenters. The number of nitrogens with one attached hydrogen (secondary N) is 1. The zero-order valence-corrected chi connectivity index (χ0v) is 14.3. The van der Waals surface area contributed by atoms with Gasteiger partial charge in [0.25, 0.3) is 5.91 Å². The highest BCUT2D eigenvalue weighted by atomic mass is 32.1. The minimum atomic E-state index is -0.214. The molecule has 0 saturated carbocycles. The van der Waals surface area contributed by atoms with Crippen LogP contribution in [-0.2, 0) is 0 Å². The largest absolute Gasteiger partial charge is 0.494 e. The van der Waals surface area contributed by atoms with Crippen LogP contribution < -0.4 is 10.1 Å². The maximum atomic E-state index is 12.7. The monoisotopic (exact) mass is 349 g/mol. The molecule has 5 nitrogen and oxygen atoms in total. The van der Waals surface area contributed by atoms with Crippen molar-refractivity contribution < 1.29 is 9.53 Å². The first-order valence-electron chi connectivity index (χ1n) is 7.93. The minimum absolute atomic E-state index is 0.214. The van der Waals surface area contributed by atoms with E-state index in [1.807, 2.05) is 49.4 Å². The number of amides is 1. The van der Waals surface area contributed by atoms with Crippen molar-refractivity contribution in [2.45, 2.75) is 6.92 Å². The molecular formula is C19H15N3O2S. The van der Waals surface area contributed by atoms with Crippen LogP contribution in [0.5, 0.6) is 5.75 Å². The molecular weight excluding hydrogens is 334 g/mol. The van der Waals surface area contributed by atoms with Crippen molar-refractivity contribution in [3.63, 3.8) is 0 Å². The molecule has 6 heteroatoms. The number of carbonyl (C=O) groups excluding carboxylic acids is 1. The van der Waals surface area contributed by atoms with Gasteiger partial charge in [-0.3, -0.25) is 15.1 Å². The smallest absolute Gasteiger partial charge is 0.259 e. The second-order valence-electron chi connectivity index (χ2n) is 5.42. The number of benzene rings is 2. The summed E-state index contributed by atoms with van der Waals surface area (Å²) >= 11 is 1.42. The highest BCUT2D eigenvalue weighted by molar-refractivity contribution is 7.22. The summed E-state index contributed by atoms with van der Waals surface area (Å²) in [6.45, 7) is 2.56. The van der Waals surface area contributed by atoms with E-state index in [1.54, 1.807) is 12.3 Å². The molecule has 1 N–H and O–H groups in total. The number of nitrogens with zero attached hydrogens (tertiary/aromatic N) is 2. The standard InChI is InChI=1S/C19H15N3O2S/c1-2-24-13-8-9-15-16(11-13)25-19(21-15)22-18(23)14-7-3-5-12-6-4-10-20-17(12)14/h3-11H,2H2,1H3,(H,21,22,23). The van der Waals surface area contributed by atoms with Gasteiger partial charge < -0.3 is 4.74 Å². The normalized spacial score (nSPS) is 10.9. The van der Waals surface area contributed by atoms with E-state index >= 15 is 0 Å². The van der Waals surface area contributed by atoms with Crippen molar-refractivity contribution >= 4 is 43.5 Å². The molecule has 0 aliphatic heterocycles. The third kappa shape index (κ3) is 3.04. The van der Waals surface area contributed by atoms with Crippen molar-refractivity contribution in [2.75, 3.05) is 11.9 Å². The topological polar surface area (TPSA) is 64.1 Å². The fraction of sp³-hybridized carbons (Fsp3) is 0.105. The van der Waals surface area contributed by atoms with Gasteiger partial charge in [-0.15, -0.1) is 0 Å². The number of anilines is 1. The molecule has 1 amide bonds. The Balaban J connectivity index is 1.65. The number of hydrogen-bond donors (Lipinski definition) is 1. The van der Waals surface area contributed by atoms with Crippen molar-refractivity contribution in [3.8, 4) is 5.75 Å². The molecule has 2 heterocycles. The predicted molar refractivity (Wildman–Crippen MR) is 100 cm³/mol. The lowest BCUT2D eigenvalue weighted by Crippen LogP contribution is -2.12. The molecule has 0 aliphatic rings. The molecule has 4 aromatic rings. The molecule has 0 aliphatic carbocycles. The highest BCUT2D eigenvalue weighted by Gasteiger charge is 2.13. The third-order valence-electron chi connectivity index (χ3n) is 3.77. The molecule has 4 rings (SSSR count). The first-order chi connectivity index (χ1) is 12.2. The maximum Gasteiger partial charge on any atom is 0.259 e.